The number of nitrogens with two attached hydrogens (primary N) is 1. The van der Waals surface area contributed by atoms with E-state index < -0.39 is 0 Å². The average Bonchev–Trinajstić information content (AvgIpc) is 2.40. The van der Waals surface area contributed by atoms with E-state index in [0.717, 1.165) is 12.1 Å². The summed E-state index contributed by atoms with van der Waals surface area (Å²) in [6.07, 6.45) is 3.25. The summed E-state index contributed by atoms with van der Waals surface area (Å²) in [6, 6.07) is 0.179. The van der Waals surface area contributed by atoms with Crippen molar-refractivity contribution >= 4 is 5.71 Å². The largest absolute Gasteiger partial charge is 0.328 e. The van der Waals surface area contributed by atoms with E-state index in [2.05, 4.69) is 0 Å². The lowest BCUT2D eigenvalue weighted by atomic mass is 10.1. The molecule has 0 heterocycles. The highest BCUT2D eigenvalue weighted by Crippen LogP contribution is 2.31. The first-order chi connectivity index (χ1) is 4.20. The fourth-order valence-corrected chi connectivity index (χ4v) is 0.945. The quantitative estimate of drug-likeness (QED) is 0.547. The molecule has 0 aromatic carbocycles. The molecule has 0 radical (unpaired) electrons. The van der Waals surface area contributed by atoms with E-state index in [4.69, 9.17) is 11.1 Å². The van der Waals surface area contributed by atoms with Gasteiger partial charge in [-0.3, -0.25) is 0 Å². The molecule has 1 aliphatic carbocycles. The molecule has 1 saturated carbocycles. The molecule has 9 heavy (non-hydrogen) atoms. The van der Waals surface area contributed by atoms with Gasteiger partial charge in [-0.25, -0.2) is 0 Å². The zero-order valence-corrected chi connectivity index (χ0v) is 5.85. The lowest BCUT2D eigenvalue weighted by Crippen LogP contribution is -2.19. The van der Waals surface area contributed by atoms with Crippen LogP contribution in [-0.4, -0.2) is 11.8 Å². The number of rotatable bonds is 3. The fraction of sp³-hybridized carbons (Fsp3) is 0.857. The Kier molecular flexibility index (Phi) is 1.86. The lowest BCUT2D eigenvalue weighted by Gasteiger charge is -2.03. The Balaban J connectivity index is 2.18. The second kappa shape index (κ2) is 2.48. The smallest absolute Gasteiger partial charge is 0.0135 e. The van der Waals surface area contributed by atoms with Gasteiger partial charge < -0.3 is 11.1 Å². The molecule has 0 spiro atoms. The maximum atomic E-state index is 7.46. The SMILES string of the molecule is C[C@@H](N)CC(=N)C1CC1. The van der Waals surface area contributed by atoms with Crippen molar-refractivity contribution in [1.29, 1.82) is 5.41 Å². The highest BCUT2D eigenvalue weighted by Gasteiger charge is 2.26. The van der Waals surface area contributed by atoms with Gasteiger partial charge in [0.2, 0.25) is 0 Å². The van der Waals surface area contributed by atoms with Crippen LogP contribution in [0.1, 0.15) is 26.2 Å². The normalized spacial score (nSPS) is 21.6. The zero-order chi connectivity index (χ0) is 6.85. The lowest BCUT2D eigenvalue weighted by molar-refractivity contribution is 0.762. The van der Waals surface area contributed by atoms with Crippen LogP contribution in [-0.2, 0) is 0 Å². The van der Waals surface area contributed by atoms with Gasteiger partial charge in [0.1, 0.15) is 0 Å². The van der Waals surface area contributed by atoms with Crippen molar-refractivity contribution in [3.8, 4) is 0 Å². The molecule has 0 aromatic rings. The van der Waals surface area contributed by atoms with Gasteiger partial charge in [0.15, 0.2) is 0 Å². The van der Waals surface area contributed by atoms with E-state index in [0.29, 0.717) is 5.92 Å². The fourth-order valence-electron chi connectivity index (χ4n) is 0.945. The molecule has 0 amide bonds. The van der Waals surface area contributed by atoms with Crippen LogP contribution < -0.4 is 5.73 Å². The van der Waals surface area contributed by atoms with Crippen molar-refractivity contribution in [3.05, 3.63) is 0 Å². The van der Waals surface area contributed by atoms with Crippen LogP contribution in [0, 0.1) is 11.3 Å². The predicted molar refractivity (Wildman–Crippen MR) is 38.7 cm³/mol. The maximum Gasteiger partial charge on any atom is 0.0135 e. The topological polar surface area (TPSA) is 49.9 Å². The Hall–Kier alpha value is -0.370. The monoisotopic (exact) mass is 126 g/mol. The minimum atomic E-state index is 0.179. The second-order valence-electron chi connectivity index (χ2n) is 2.98. The van der Waals surface area contributed by atoms with Crippen LogP contribution in [0.25, 0.3) is 0 Å². The molecule has 3 N–H and O–H groups in total. The van der Waals surface area contributed by atoms with Crippen LogP contribution in [0.4, 0.5) is 0 Å². The van der Waals surface area contributed by atoms with Crippen molar-refractivity contribution in [2.75, 3.05) is 0 Å². The van der Waals surface area contributed by atoms with Crippen LogP contribution in [0.15, 0.2) is 0 Å². The third-order valence-corrected chi connectivity index (χ3v) is 1.61. The van der Waals surface area contributed by atoms with Crippen molar-refractivity contribution in [2.24, 2.45) is 11.7 Å². The molecule has 52 valence electrons. The summed E-state index contributed by atoms with van der Waals surface area (Å²) >= 11 is 0. The first-order valence-electron chi connectivity index (χ1n) is 3.53. The third kappa shape index (κ3) is 2.14. The summed E-state index contributed by atoms with van der Waals surface area (Å²) in [7, 11) is 0. The molecule has 0 saturated heterocycles. The molecule has 0 aromatic heterocycles. The second-order valence-corrected chi connectivity index (χ2v) is 2.98. The minimum Gasteiger partial charge on any atom is -0.328 e. The van der Waals surface area contributed by atoms with Crippen LogP contribution >= 0.6 is 0 Å². The van der Waals surface area contributed by atoms with E-state index in [1.165, 1.54) is 12.8 Å². The first kappa shape index (κ1) is 6.75. The molecule has 1 fully saturated rings. The van der Waals surface area contributed by atoms with Crippen molar-refractivity contribution in [3.63, 3.8) is 0 Å². The van der Waals surface area contributed by atoms with Gasteiger partial charge in [-0.05, 0) is 25.7 Å². The first-order valence-corrected chi connectivity index (χ1v) is 3.53. The van der Waals surface area contributed by atoms with Crippen LogP contribution in [0.2, 0.25) is 0 Å². The van der Waals surface area contributed by atoms with Gasteiger partial charge in [-0.2, -0.15) is 0 Å². The Labute approximate surface area is 55.9 Å². The highest BCUT2D eigenvalue weighted by atomic mass is 14.6. The molecular weight excluding hydrogens is 112 g/mol. The standard InChI is InChI=1S/C7H14N2/c1-5(8)4-7(9)6-2-3-6/h5-6,9H,2-4,8H2,1H3/t5-/m1/s1. The van der Waals surface area contributed by atoms with Crippen molar-refractivity contribution in [2.45, 2.75) is 32.2 Å². The predicted octanol–water partition coefficient (Wildman–Crippen LogP) is 1.15. The van der Waals surface area contributed by atoms with E-state index >= 15 is 0 Å². The molecule has 2 heteroatoms. The summed E-state index contributed by atoms with van der Waals surface area (Å²) in [5, 5.41) is 7.46. The molecule has 0 aliphatic heterocycles. The van der Waals surface area contributed by atoms with Gasteiger partial charge in [0.05, 0.1) is 0 Å². The van der Waals surface area contributed by atoms with Gasteiger partial charge in [-0.1, -0.05) is 0 Å². The Bertz CT molecular complexity index is 114. The highest BCUT2D eigenvalue weighted by molar-refractivity contribution is 5.86. The number of hydrogen-bond donors (Lipinski definition) is 2. The van der Waals surface area contributed by atoms with Gasteiger partial charge in [0.25, 0.3) is 0 Å². The maximum absolute atomic E-state index is 7.46. The van der Waals surface area contributed by atoms with Gasteiger partial charge in [0, 0.05) is 18.2 Å². The van der Waals surface area contributed by atoms with E-state index in [9.17, 15) is 0 Å². The van der Waals surface area contributed by atoms with Crippen molar-refractivity contribution < 1.29 is 0 Å². The van der Waals surface area contributed by atoms with Gasteiger partial charge >= 0.3 is 0 Å². The summed E-state index contributed by atoms with van der Waals surface area (Å²) in [6.45, 7) is 1.96. The molecule has 1 atom stereocenters. The average molecular weight is 126 g/mol. The van der Waals surface area contributed by atoms with Crippen LogP contribution in [0.5, 0.6) is 0 Å². The number of hydrogen-bond acceptors (Lipinski definition) is 2. The molecular formula is C7H14N2. The Morgan fingerprint density at radius 2 is 2.33 bits per heavy atom. The minimum absolute atomic E-state index is 0.179. The summed E-state index contributed by atoms with van der Waals surface area (Å²) in [5.74, 6) is 0.607. The molecule has 2 nitrogen and oxygen atoms in total. The Morgan fingerprint density at radius 1 is 1.78 bits per heavy atom. The van der Waals surface area contributed by atoms with E-state index in [1.54, 1.807) is 0 Å². The van der Waals surface area contributed by atoms with E-state index in [1.807, 2.05) is 6.92 Å². The Morgan fingerprint density at radius 3 is 2.67 bits per heavy atom. The molecule has 0 unspecified atom stereocenters. The summed E-state index contributed by atoms with van der Waals surface area (Å²) in [4.78, 5) is 0. The summed E-state index contributed by atoms with van der Waals surface area (Å²) in [5.41, 5.74) is 6.38. The molecule has 0 bridgehead atoms. The molecule has 1 aliphatic rings. The van der Waals surface area contributed by atoms with E-state index in [-0.39, 0.29) is 6.04 Å². The van der Waals surface area contributed by atoms with Gasteiger partial charge in [-0.15, -0.1) is 0 Å². The molecule has 1 rings (SSSR count). The van der Waals surface area contributed by atoms with Crippen molar-refractivity contribution in [1.82, 2.24) is 0 Å². The number of nitrogens with one attached hydrogen (secondary N) is 1. The van der Waals surface area contributed by atoms with Crippen LogP contribution in [0.3, 0.4) is 0 Å². The zero-order valence-electron chi connectivity index (χ0n) is 5.85. The third-order valence-electron chi connectivity index (χ3n) is 1.61. The summed E-state index contributed by atoms with van der Waals surface area (Å²) < 4.78 is 0.